The third-order valence-electron chi connectivity index (χ3n) is 5.53. The number of halogens is 1. The summed E-state index contributed by atoms with van der Waals surface area (Å²) in [7, 11) is 0. The van der Waals surface area contributed by atoms with E-state index in [1.807, 2.05) is 0 Å². The smallest absolute Gasteiger partial charge is 0.339 e. The van der Waals surface area contributed by atoms with Crippen LogP contribution in [0.3, 0.4) is 0 Å². The Morgan fingerprint density at radius 1 is 1.02 bits per heavy atom. The number of imide groups is 1. The van der Waals surface area contributed by atoms with Crippen LogP contribution in [0.2, 0.25) is 5.02 Å². The summed E-state index contributed by atoms with van der Waals surface area (Å²) in [4.78, 5) is 73.5. The van der Waals surface area contributed by atoms with E-state index in [1.165, 1.54) is 48.5 Å². The molecule has 2 heterocycles. The van der Waals surface area contributed by atoms with Gasteiger partial charge in [0.1, 0.15) is 18.1 Å². The summed E-state index contributed by atoms with van der Waals surface area (Å²) in [6.45, 7) is 1.15. The van der Waals surface area contributed by atoms with Crippen molar-refractivity contribution in [2.75, 3.05) is 18.5 Å². The second-order valence-electron chi connectivity index (χ2n) is 8.34. The van der Waals surface area contributed by atoms with E-state index in [-0.39, 0.29) is 56.0 Å². The number of furan rings is 1. The first-order valence-electron chi connectivity index (χ1n) is 11.7. The van der Waals surface area contributed by atoms with Crippen LogP contribution in [-0.4, -0.2) is 63.2 Å². The summed E-state index contributed by atoms with van der Waals surface area (Å²) >= 11 is 6.60. The molecule has 14 heteroatoms. The highest BCUT2D eigenvalue weighted by Gasteiger charge is 2.36. The molecule has 3 aromatic rings. The summed E-state index contributed by atoms with van der Waals surface area (Å²) in [6.07, 6.45) is 1.27. The molecule has 3 amide bonds. The molecule has 4 rings (SSSR count). The Kier molecular flexibility index (Phi) is 8.59. The van der Waals surface area contributed by atoms with Crippen molar-refractivity contribution < 1.29 is 48.1 Å². The standard InChI is InChI=1S/C27H19ClN2O10S/c1-2-39-26(37)18-10-16(3-5-19(18)28)29-22(31)12-30-23(32)21(41-27(30)38)11-17-4-6-20(40-17)13-7-14(24(33)34)9-15(8-13)25(35)36/h3-11H,2,12H2,1H3,(H,29,31)(H,33,34)(H,35,36)/b21-11+. The Morgan fingerprint density at radius 2 is 1.71 bits per heavy atom. The van der Waals surface area contributed by atoms with Crippen LogP contribution in [-0.2, 0) is 14.3 Å². The van der Waals surface area contributed by atoms with Gasteiger partial charge in [-0.05, 0) is 67.2 Å². The largest absolute Gasteiger partial charge is 0.478 e. The van der Waals surface area contributed by atoms with E-state index in [0.29, 0.717) is 11.8 Å². The molecule has 3 N–H and O–H groups in total. The number of thioether (sulfide) groups is 1. The average molecular weight is 599 g/mol. The van der Waals surface area contributed by atoms with Gasteiger partial charge in [0.25, 0.3) is 11.1 Å². The molecule has 0 aliphatic carbocycles. The zero-order chi connectivity index (χ0) is 29.8. The van der Waals surface area contributed by atoms with Gasteiger partial charge in [0.2, 0.25) is 5.91 Å². The van der Waals surface area contributed by atoms with Crippen molar-refractivity contribution >= 4 is 70.1 Å². The molecular formula is C27H19ClN2O10S. The molecule has 0 bridgehead atoms. The van der Waals surface area contributed by atoms with Crippen molar-refractivity contribution in [3.8, 4) is 11.3 Å². The molecule has 0 atom stereocenters. The van der Waals surface area contributed by atoms with E-state index >= 15 is 0 Å². The molecule has 41 heavy (non-hydrogen) atoms. The van der Waals surface area contributed by atoms with E-state index < -0.39 is 41.5 Å². The maximum Gasteiger partial charge on any atom is 0.339 e. The Hall–Kier alpha value is -4.88. The number of nitrogens with one attached hydrogen (secondary N) is 1. The molecule has 2 aromatic carbocycles. The zero-order valence-corrected chi connectivity index (χ0v) is 22.6. The van der Waals surface area contributed by atoms with Gasteiger partial charge in [0.05, 0.1) is 33.2 Å². The molecule has 1 aliphatic heterocycles. The number of carboxylic acid groups (broad SMARTS) is 2. The maximum atomic E-state index is 12.9. The number of amides is 3. The van der Waals surface area contributed by atoms with Crippen LogP contribution >= 0.6 is 23.4 Å². The van der Waals surface area contributed by atoms with Crippen molar-refractivity contribution in [3.63, 3.8) is 0 Å². The molecule has 0 spiro atoms. The van der Waals surface area contributed by atoms with Crippen molar-refractivity contribution in [2.45, 2.75) is 6.92 Å². The van der Waals surface area contributed by atoms with Crippen molar-refractivity contribution in [2.24, 2.45) is 0 Å². The van der Waals surface area contributed by atoms with Gasteiger partial charge in [-0.3, -0.25) is 19.3 Å². The number of esters is 1. The zero-order valence-electron chi connectivity index (χ0n) is 21.0. The lowest BCUT2D eigenvalue weighted by molar-refractivity contribution is -0.127. The van der Waals surface area contributed by atoms with Crippen LogP contribution in [0.15, 0.2) is 57.9 Å². The van der Waals surface area contributed by atoms with E-state index in [4.69, 9.17) is 20.8 Å². The van der Waals surface area contributed by atoms with Crippen LogP contribution < -0.4 is 5.32 Å². The first-order chi connectivity index (χ1) is 19.5. The number of nitrogens with zero attached hydrogens (tertiary/aromatic N) is 1. The van der Waals surface area contributed by atoms with Crippen LogP contribution in [0, 0.1) is 0 Å². The van der Waals surface area contributed by atoms with Gasteiger partial charge in [-0.2, -0.15) is 0 Å². The number of hydrogen-bond acceptors (Lipinski definition) is 9. The fraction of sp³-hybridized carbons (Fsp3) is 0.111. The summed E-state index contributed by atoms with van der Waals surface area (Å²) in [5, 5.41) is 20.5. The minimum absolute atomic E-state index is 0.0344. The summed E-state index contributed by atoms with van der Waals surface area (Å²) in [6, 6.07) is 10.5. The Morgan fingerprint density at radius 3 is 2.34 bits per heavy atom. The molecule has 0 saturated carbocycles. The summed E-state index contributed by atoms with van der Waals surface area (Å²) < 4.78 is 10.6. The highest BCUT2D eigenvalue weighted by molar-refractivity contribution is 8.18. The van der Waals surface area contributed by atoms with Crippen LogP contribution in [0.4, 0.5) is 10.5 Å². The highest BCUT2D eigenvalue weighted by Crippen LogP contribution is 2.34. The summed E-state index contributed by atoms with van der Waals surface area (Å²) in [5.41, 5.74) is -0.0980. The maximum absolute atomic E-state index is 12.9. The van der Waals surface area contributed by atoms with Crippen LogP contribution in [0.1, 0.15) is 43.8 Å². The van der Waals surface area contributed by atoms with E-state index in [0.717, 1.165) is 11.0 Å². The second kappa shape index (κ2) is 12.1. The fourth-order valence-electron chi connectivity index (χ4n) is 3.68. The topological polar surface area (TPSA) is 181 Å². The highest BCUT2D eigenvalue weighted by atomic mass is 35.5. The average Bonchev–Trinajstić information content (AvgIpc) is 3.49. The molecule has 1 aliphatic rings. The number of carboxylic acids is 2. The first-order valence-corrected chi connectivity index (χ1v) is 12.9. The number of rotatable bonds is 9. The number of carbonyl (C=O) groups is 6. The molecule has 0 unspecified atom stereocenters. The Balaban J connectivity index is 1.48. The predicted octanol–water partition coefficient (Wildman–Crippen LogP) is 4.85. The third kappa shape index (κ3) is 6.65. The van der Waals surface area contributed by atoms with Gasteiger partial charge in [-0.15, -0.1) is 0 Å². The SMILES string of the molecule is CCOC(=O)c1cc(NC(=O)CN2C(=O)S/C(=C/c3ccc(-c4cc(C(=O)O)cc(C(=O)O)c4)o3)C2=O)ccc1Cl. The van der Waals surface area contributed by atoms with Crippen molar-refractivity contribution in [3.05, 3.63) is 80.9 Å². The van der Waals surface area contributed by atoms with Crippen LogP contribution in [0.25, 0.3) is 17.4 Å². The lowest BCUT2D eigenvalue weighted by Gasteiger charge is -2.13. The Labute approximate surface area is 240 Å². The number of hydrogen-bond donors (Lipinski definition) is 3. The second-order valence-corrected chi connectivity index (χ2v) is 9.74. The quantitative estimate of drug-likeness (QED) is 0.226. The number of benzene rings is 2. The molecule has 210 valence electrons. The minimum atomic E-state index is -1.32. The van der Waals surface area contributed by atoms with Gasteiger partial charge in [-0.25, -0.2) is 14.4 Å². The molecule has 1 saturated heterocycles. The van der Waals surface area contributed by atoms with Gasteiger partial charge in [0, 0.05) is 17.3 Å². The number of aromatic carboxylic acids is 2. The molecule has 12 nitrogen and oxygen atoms in total. The fourth-order valence-corrected chi connectivity index (χ4v) is 4.69. The molecule has 1 fully saturated rings. The molecule has 1 aromatic heterocycles. The van der Waals surface area contributed by atoms with E-state index in [9.17, 15) is 39.0 Å². The lowest BCUT2D eigenvalue weighted by atomic mass is 10.0. The predicted molar refractivity (Wildman–Crippen MR) is 147 cm³/mol. The van der Waals surface area contributed by atoms with Crippen LogP contribution in [0.5, 0.6) is 0 Å². The molecular weight excluding hydrogens is 580 g/mol. The number of carbonyl (C=O) groups excluding carboxylic acids is 4. The normalized spacial score (nSPS) is 13.9. The van der Waals surface area contributed by atoms with Gasteiger partial charge < -0.3 is 24.7 Å². The van der Waals surface area contributed by atoms with Gasteiger partial charge in [0.15, 0.2) is 0 Å². The number of ether oxygens (including phenoxy) is 1. The van der Waals surface area contributed by atoms with E-state index in [2.05, 4.69) is 5.32 Å². The minimum Gasteiger partial charge on any atom is -0.478 e. The van der Waals surface area contributed by atoms with E-state index in [1.54, 1.807) is 6.92 Å². The first kappa shape index (κ1) is 29.1. The number of anilines is 1. The third-order valence-corrected chi connectivity index (χ3v) is 6.77. The van der Waals surface area contributed by atoms with Crippen molar-refractivity contribution in [1.29, 1.82) is 0 Å². The monoisotopic (exact) mass is 598 g/mol. The van der Waals surface area contributed by atoms with Crippen molar-refractivity contribution in [1.82, 2.24) is 4.90 Å². The van der Waals surface area contributed by atoms with Gasteiger partial charge in [-0.1, -0.05) is 11.6 Å². The lowest BCUT2D eigenvalue weighted by Crippen LogP contribution is -2.36. The van der Waals surface area contributed by atoms with Gasteiger partial charge >= 0.3 is 17.9 Å². The Bertz CT molecular complexity index is 1610. The summed E-state index contributed by atoms with van der Waals surface area (Å²) in [5.74, 6) is -4.53. The molecule has 0 radical (unpaired) electrons.